The summed E-state index contributed by atoms with van der Waals surface area (Å²) in [7, 11) is 2.06. The Labute approximate surface area is 482 Å². The number of allylic oxidation sites excluding steroid dienone is 9. The molecule has 2 atom stereocenters. The third kappa shape index (κ3) is 446. The Morgan fingerprint density at radius 1 is 0.733 bits per heavy atom. The molecular weight excluding hydrogens is 1100 g/mol. The monoisotopic (exact) mass is 1180 g/mol. The number of esters is 1. The first-order valence-corrected chi connectivity index (χ1v) is 23.5. The Kier molecular flexibility index (Phi) is 231. The summed E-state index contributed by atoms with van der Waals surface area (Å²) in [4.78, 5) is 83.4. The fourth-order valence-corrected chi connectivity index (χ4v) is 1.67. The number of carboxylic acid groups (broad SMARTS) is 5. The maximum atomic E-state index is 10.2. The minimum absolute atomic E-state index is 0.0486. The molecule has 0 aromatic rings. The van der Waals surface area contributed by atoms with E-state index in [-0.39, 0.29) is 37.5 Å². The summed E-state index contributed by atoms with van der Waals surface area (Å²) in [6.45, 7) is 28.4. The molecule has 1 aliphatic heterocycles. The number of cyclic esters (lactones) is 1. The van der Waals surface area contributed by atoms with E-state index in [1.54, 1.807) is 71.4 Å². The number of aldehydes is 1. The van der Waals surface area contributed by atoms with Gasteiger partial charge < -0.3 is 43.3 Å². The number of aliphatic carboxylic acids is 5. The molecule has 1 saturated heterocycles. The molecule has 1 fully saturated rings. The molecule has 0 aliphatic carbocycles. The molecule has 430 valence electrons. The molecule has 2 unspecified atom stereocenters. The number of aliphatic hydroxyl groups excluding tert-OH is 1. The number of hydrogen-bond acceptors (Lipinski definition) is 21. The van der Waals surface area contributed by atoms with Crippen molar-refractivity contribution in [2.75, 3.05) is 0 Å². The molecule has 75 heavy (non-hydrogen) atoms. The van der Waals surface area contributed by atoms with E-state index in [1.807, 2.05) is 71.9 Å². The standard InChI is InChI=1S/C5H10O3.4C5H8O2.3C4H8.C3H4O.C2H4O2.CO2.4Al.2H3O2Si.2H2O2.2O/c1-2-4(6)3-5(7)8;1-4-2-3-5(6)7-4;3*1-2-3-4-5(6)7;3*1-3-4-2;1-2-3-4;1-2(3)4;2-1-3;;;;;2*1-2-3;2*1-2;;/h4,6H,2-3H2,1H3,(H,7,8);4H,2-3H2,1H3;3-4H,2H2,1H3,(H,6,7);2-3H,4H2,1H3,(H,6,7);2H,1,3-4H2,(H,6,7);2*3-4H,1-2H3;3H,1,4H2,2H3;2-3H,1H2;1H3,(H,3,4);;;;;;2*1H,3H2;2*1-2H;;/q;;;;;;;;;;;;;2*+1;;;;;;/p-2/b;;4-3+;3-2+;;4-3+;4-3-;;;;;;;;;;;;;;. The second kappa shape index (κ2) is 151. The second-order valence-corrected chi connectivity index (χ2v) is 11.4. The zero-order valence-corrected chi connectivity index (χ0v) is 52.2. The van der Waals surface area contributed by atoms with E-state index in [9.17, 15) is 24.0 Å². The summed E-state index contributed by atoms with van der Waals surface area (Å²) in [5, 5.41) is 76.3. The first-order valence-electron chi connectivity index (χ1n) is 20.5. The number of hydrogen-bond donors (Lipinski definition) is 10. The van der Waals surface area contributed by atoms with Gasteiger partial charge in [-0.05, 0) is 79.7 Å². The van der Waals surface area contributed by atoms with E-state index in [0.29, 0.717) is 25.5 Å². The van der Waals surface area contributed by atoms with Gasteiger partial charge in [-0.15, -0.1) is 13.2 Å². The van der Waals surface area contributed by atoms with E-state index in [4.69, 9.17) is 83.2 Å². The molecule has 0 amide bonds. The van der Waals surface area contributed by atoms with Gasteiger partial charge >= 0.3 is 109 Å². The summed E-state index contributed by atoms with van der Waals surface area (Å²) in [6.07, 6.45) is 23.7. The minimum atomic E-state index is -0.945. The molecule has 8 radical (unpaired) electrons. The Balaban J connectivity index is -0.0000000358. The van der Waals surface area contributed by atoms with Crippen LogP contribution in [0.5, 0.6) is 0 Å². The van der Waals surface area contributed by atoms with E-state index in [0.717, 1.165) is 53.2 Å². The summed E-state index contributed by atoms with van der Waals surface area (Å²) in [5.41, 5.74) is 0. The summed E-state index contributed by atoms with van der Waals surface area (Å²) in [5.74, 6) is -4.24. The van der Waals surface area contributed by atoms with Crippen LogP contribution in [0.1, 0.15) is 127 Å². The maximum absolute atomic E-state index is 10.2. The Hall–Kier alpha value is -4.15. The van der Waals surface area contributed by atoms with Crippen LogP contribution >= 0.6 is 0 Å². The Morgan fingerprint density at radius 2 is 1.05 bits per heavy atom. The molecule has 1 aliphatic rings. The van der Waals surface area contributed by atoms with E-state index < -0.39 is 36.0 Å². The summed E-state index contributed by atoms with van der Waals surface area (Å²) in [6, 6.07) is 0. The van der Waals surface area contributed by atoms with Crippen LogP contribution in [0.4, 0.5) is 0 Å². The van der Waals surface area contributed by atoms with Crippen molar-refractivity contribution < 1.29 is 124 Å². The van der Waals surface area contributed by atoms with Crippen LogP contribution < -0.4 is 0 Å². The number of carbonyl (C=O) groups excluding carboxylic acids is 4. The SMILES string of the molecule is C/C=C/C.C/C=C/CC(=O)O.C/C=C\C.C=CC=O.C=CCC.C=CCCC(=O)O.CC(=O)O.CC/C=C/C(=O)O.CC1CCC(=O)O1.CCC(O)CC(=O)O.O=C=O.OO[SiH2].OO[SiH2].O[O][Al].O[O][Al].[O]=[Al].[O]=[Al]. The number of rotatable bonds is 12. The molecule has 1 rings (SSSR count). The van der Waals surface area contributed by atoms with E-state index >= 15 is 0 Å². The van der Waals surface area contributed by atoms with Crippen LogP contribution in [0.3, 0.4) is 0 Å². The van der Waals surface area contributed by atoms with Gasteiger partial charge in [0.1, 0.15) is 6.29 Å². The van der Waals surface area contributed by atoms with Crippen molar-refractivity contribution in [3.63, 3.8) is 0 Å². The van der Waals surface area contributed by atoms with Gasteiger partial charge in [0.05, 0.1) is 25.0 Å². The van der Waals surface area contributed by atoms with Crippen molar-refractivity contribution in [1.29, 1.82) is 0 Å². The number of aliphatic hydroxyl groups is 1. The van der Waals surface area contributed by atoms with Crippen LogP contribution in [-0.2, 0) is 72.5 Å². The molecule has 1 heterocycles. The summed E-state index contributed by atoms with van der Waals surface area (Å²) >= 11 is 5.60. The van der Waals surface area contributed by atoms with Crippen molar-refractivity contribution in [3.05, 3.63) is 86.6 Å². The summed E-state index contributed by atoms with van der Waals surface area (Å²) < 4.78 is 33.9. The van der Waals surface area contributed by atoms with Gasteiger partial charge in [0.15, 0.2) is 0 Å². The molecule has 0 aromatic heterocycles. The Bertz CT molecular complexity index is 1270. The molecule has 0 spiro atoms. The van der Waals surface area contributed by atoms with E-state index in [2.05, 4.69) is 43.7 Å². The van der Waals surface area contributed by atoms with Crippen LogP contribution in [0, 0.1) is 0 Å². The van der Waals surface area contributed by atoms with Gasteiger partial charge in [-0.1, -0.05) is 82.0 Å². The zero-order valence-electron chi connectivity index (χ0n) is 44.8. The van der Waals surface area contributed by atoms with Crippen LogP contribution in [0.25, 0.3) is 0 Å². The fourth-order valence-electron chi connectivity index (χ4n) is 1.67. The Morgan fingerprint density at radius 3 is 1.12 bits per heavy atom. The van der Waals surface area contributed by atoms with Crippen LogP contribution in [0.2, 0.25) is 0 Å². The normalized spacial score (nSPS) is 9.91. The molecule has 32 heteroatoms. The van der Waals surface area contributed by atoms with Gasteiger partial charge in [0.25, 0.3) is 5.97 Å². The predicted molar refractivity (Wildman–Crippen MR) is 287 cm³/mol. The van der Waals surface area contributed by atoms with Crippen molar-refractivity contribution in [1.82, 2.24) is 0 Å². The van der Waals surface area contributed by atoms with E-state index in [1.165, 1.54) is 38.5 Å². The molecule has 0 saturated carbocycles. The molecule has 0 bridgehead atoms. The molecule has 26 nitrogen and oxygen atoms in total. The van der Waals surface area contributed by atoms with Gasteiger partial charge in [-0.3, -0.25) is 58.9 Å². The third-order valence-corrected chi connectivity index (χ3v) is 4.61. The van der Waals surface area contributed by atoms with Gasteiger partial charge in [0.2, 0.25) is 21.0 Å². The van der Waals surface area contributed by atoms with Gasteiger partial charge in [-0.25, -0.2) is 4.79 Å². The first-order chi connectivity index (χ1) is 35.2. The van der Waals surface area contributed by atoms with Gasteiger partial charge in [0, 0.05) is 25.8 Å². The quantitative estimate of drug-likeness (QED) is 0.0237. The first kappa shape index (κ1) is 115. The van der Waals surface area contributed by atoms with Crippen molar-refractivity contribution >= 4 is 135 Å². The number of carboxylic acids is 5. The topological polar surface area (TPSA) is 436 Å². The molecule has 10 N–H and O–H groups in total. The average molecular weight is 1180 g/mol. The third-order valence-electron chi connectivity index (χ3n) is 4.61. The average Bonchev–Trinajstić information content (AvgIpc) is 3.76. The van der Waals surface area contributed by atoms with Crippen LogP contribution in [0.15, 0.2) is 86.6 Å². The van der Waals surface area contributed by atoms with Crippen molar-refractivity contribution in [2.45, 2.75) is 139 Å². The number of ether oxygens (including phenoxy) is 1. The van der Waals surface area contributed by atoms with Crippen molar-refractivity contribution in [3.8, 4) is 0 Å². The second-order valence-electron chi connectivity index (χ2n) is 10.5. The molecule has 0 aromatic carbocycles. The number of carbonyl (C=O) groups is 7. The predicted octanol–water partition coefficient (Wildman–Crippen LogP) is 4.85. The van der Waals surface area contributed by atoms with Crippen molar-refractivity contribution in [2.24, 2.45) is 0 Å². The molecular formula is C43H82Al4O26Si2. The van der Waals surface area contributed by atoms with Crippen LogP contribution in [-0.4, -0.2) is 199 Å². The van der Waals surface area contributed by atoms with Gasteiger partial charge in [-0.2, -0.15) is 9.59 Å². The fraction of sp³-hybridized carbons (Fsp3) is 0.488. The zero-order chi connectivity index (χ0) is 63.7.